The summed E-state index contributed by atoms with van der Waals surface area (Å²) in [6.07, 6.45) is 1.32. The van der Waals surface area contributed by atoms with Crippen molar-refractivity contribution in [3.63, 3.8) is 0 Å². The van der Waals surface area contributed by atoms with Crippen LogP contribution in [0.5, 0.6) is 5.75 Å². The highest BCUT2D eigenvalue weighted by Crippen LogP contribution is 2.60. The van der Waals surface area contributed by atoms with Crippen LogP contribution in [0.4, 0.5) is 5.69 Å². The van der Waals surface area contributed by atoms with Crippen molar-refractivity contribution in [3.8, 4) is 5.75 Å². The molecule has 9 heteroatoms. The number of hydrogen-bond acceptors (Lipinski definition) is 5. The first-order valence-electron chi connectivity index (χ1n) is 15.1. The molecule has 2 aliphatic heterocycles. The van der Waals surface area contributed by atoms with E-state index in [1.165, 1.54) is 5.19 Å². The number of anilines is 1. The van der Waals surface area contributed by atoms with Crippen molar-refractivity contribution in [2.45, 2.75) is 50.2 Å². The summed E-state index contributed by atoms with van der Waals surface area (Å²) in [5.74, 6) is 0.334. The molecule has 2 aliphatic rings. The van der Waals surface area contributed by atoms with Crippen molar-refractivity contribution in [2.75, 3.05) is 31.7 Å². The minimum atomic E-state index is -2.40. The minimum Gasteiger partial charge on any atom is -0.497 e. The first-order valence-corrected chi connectivity index (χ1v) is 18.9. The summed E-state index contributed by atoms with van der Waals surface area (Å²) < 4.78 is 13.4. The molecule has 0 aliphatic carbocycles. The molecule has 1 N–H and O–H groups in total. The lowest BCUT2D eigenvalue weighted by atomic mass is 9.82. The maximum atomic E-state index is 14.5. The predicted molar refractivity (Wildman–Crippen MR) is 180 cm³/mol. The number of carbonyl (C=O) groups excluding carboxylic acids is 2. The third-order valence-corrected chi connectivity index (χ3v) is 14.3. The topological polar surface area (TPSA) is 79.3 Å². The third kappa shape index (κ3) is 5.67. The van der Waals surface area contributed by atoms with E-state index in [1.807, 2.05) is 60.7 Å². The average Bonchev–Trinajstić information content (AvgIpc) is 3.44. The van der Waals surface area contributed by atoms with Gasteiger partial charge >= 0.3 is 0 Å². The van der Waals surface area contributed by atoms with Crippen LogP contribution < -0.4 is 14.8 Å². The lowest BCUT2D eigenvalue weighted by Gasteiger charge is -2.37. The molecule has 0 aromatic heterocycles. The van der Waals surface area contributed by atoms with Crippen LogP contribution in [0, 0.1) is 5.92 Å². The van der Waals surface area contributed by atoms with Crippen LogP contribution in [0.1, 0.15) is 24.5 Å². The number of rotatable bonds is 11. The number of carbonyl (C=O) groups is 2. The maximum Gasteiger partial charge on any atom is 0.264 e. The molecule has 0 saturated carbocycles. The second-order valence-electron chi connectivity index (χ2n) is 12.3. The van der Waals surface area contributed by atoms with Gasteiger partial charge in [-0.05, 0) is 41.4 Å². The fourth-order valence-corrected chi connectivity index (χ4v) is 11.7. The highest BCUT2D eigenvalue weighted by molar-refractivity contribution is 9.10. The summed E-state index contributed by atoms with van der Waals surface area (Å²) >= 11 is 3.63. The molecular formula is C35H41BrN2O5Si. The zero-order valence-electron chi connectivity index (χ0n) is 25.8. The van der Waals surface area contributed by atoms with E-state index in [-0.39, 0.29) is 42.8 Å². The molecule has 1 spiro atoms. The maximum absolute atomic E-state index is 14.5. The van der Waals surface area contributed by atoms with E-state index < -0.39 is 19.8 Å². The van der Waals surface area contributed by atoms with Crippen LogP contribution in [0.3, 0.4) is 0 Å². The Morgan fingerprint density at radius 2 is 1.86 bits per heavy atom. The summed E-state index contributed by atoms with van der Waals surface area (Å²) in [7, 11) is -0.752. The SMILES string of the molecule is C=CCN1C(=O)[C@@]2(O[C@@H](CC(=O)N(CCO)Cc3ccccc3)[C@H]([Si](C)(C)c3ccc(OC)cc3)[C@H]2C)c2cc(Br)ccc21. The Bertz CT molecular complexity index is 1520. The molecule has 44 heavy (non-hydrogen) atoms. The Morgan fingerprint density at radius 3 is 2.50 bits per heavy atom. The number of benzene rings is 3. The number of nitrogens with zero attached hydrogens (tertiary/aromatic N) is 2. The molecule has 5 rings (SSSR count). The molecule has 3 aromatic carbocycles. The smallest absolute Gasteiger partial charge is 0.264 e. The van der Waals surface area contributed by atoms with E-state index in [0.717, 1.165) is 27.0 Å². The molecule has 3 aromatic rings. The molecule has 1 fully saturated rings. The number of halogens is 1. The molecule has 0 unspecified atom stereocenters. The van der Waals surface area contributed by atoms with Crippen molar-refractivity contribution in [2.24, 2.45) is 5.92 Å². The fraction of sp³-hybridized carbons (Fsp3) is 0.371. The Balaban J connectivity index is 1.58. The van der Waals surface area contributed by atoms with E-state index >= 15 is 0 Å². The van der Waals surface area contributed by atoms with Crippen LogP contribution in [0.15, 0.2) is 89.9 Å². The van der Waals surface area contributed by atoms with Gasteiger partial charge in [0.25, 0.3) is 5.91 Å². The summed E-state index contributed by atoms with van der Waals surface area (Å²) in [4.78, 5) is 32.0. The standard InChI is InChI=1S/C35H41BrN2O5Si/c1-6-18-38-30-17-12-26(36)21-29(30)35(34(38)41)24(2)33(44(4,5)28-15-13-27(42-3)14-16-28)31(43-35)22-32(40)37(19-20-39)23-25-10-8-7-9-11-25/h6-17,21,24,31,33,39H,1,18-20,22-23H2,2-5H3/t24-,31+,33-,35+/m1/s1. The van der Waals surface area contributed by atoms with Crippen molar-refractivity contribution < 1.29 is 24.2 Å². The number of ether oxygens (including phenoxy) is 2. The zero-order chi connectivity index (χ0) is 31.6. The molecular weight excluding hydrogens is 636 g/mol. The van der Waals surface area contributed by atoms with Crippen LogP contribution in [0.25, 0.3) is 0 Å². The van der Waals surface area contributed by atoms with Crippen LogP contribution in [-0.4, -0.2) is 62.8 Å². The monoisotopic (exact) mass is 676 g/mol. The third-order valence-electron chi connectivity index (χ3n) is 9.42. The first kappa shape index (κ1) is 32.2. The molecule has 1 saturated heterocycles. The van der Waals surface area contributed by atoms with Crippen molar-refractivity contribution in [1.82, 2.24) is 4.90 Å². The number of aliphatic hydroxyl groups is 1. The predicted octanol–water partition coefficient (Wildman–Crippen LogP) is 5.62. The molecule has 2 amide bonds. The lowest BCUT2D eigenvalue weighted by molar-refractivity contribution is -0.149. The minimum absolute atomic E-state index is 0.0768. The van der Waals surface area contributed by atoms with Gasteiger partial charge < -0.3 is 24.4 Å². The summed E-state index contributed by atoms with van der Waals surface area (Å²) in [5.41, 5.74) is 1.30. The van der Waals surface area contributed by atoms with Crippen LogP contribution in [0.2, 0.25) is 18.6 Å². The second kappa shape index (κ2) is 13.0. The Kier molecular flexibility index (Phi) is 9.51. The lowest BCUT2D eigenvalue weighted by Crippen LogP contribution is -2.52. The van der Waals surface area contributed by atoms with Gasteiger partial charge in [0, 0.05) is 35.6 Å². The highest BCUT2D eigenvalue weighted by atomic mass is 79.9. The van der Waals surface area contributed by atoms with Crippen molar-refractivity contribution in [3.05, 3.63) is 101 Å². The second-order valence-corrected chi connectivity index (χ2v) is 17.9. The van der Waals surface area contributed by atoms with E-state index in [1.54, 1.807) is 23.0 Å². The van der Waals surface area contributed by atoms with Gasteiger partial charge in [-0.1, -0.05) is 89.7 Å². The van der Waals surface area contributed by atoms with Gasteiger partial charge in [0.15, 0.2) is 5.60 Å². The van der Waals surface area contributed by atoms with Gasteiger partial charge in [0.1, 0.15) is 5.75 Å². The Labute approximate surface area is 269 Å². The molecule has 7 nitrogen and oxygen atoms in total. The van der Waals surface area contributed by atoms with Gasteiger partial charge in [-0.15, -0.1) is 6.58 Å². The number of hydrogen-bond donors (Lipinski definition) is 1. The number of amides is 2. The van der Waals surface area contributed by atoms with Gasteiger partial charge in [-0.3, -0.25) is 9.59 Å². The summed E-state index contributed by atoms with van der Waals surface area (Å²) in [5, 5.41) is 11.1. The molecule has 232 valence electrons. The summed E-state index contributed by atoms with van der Waals surface area (Å²) in [6, 6.07) is 23.8. The van der Waals surface area contributed by atoms with Crippen LogP contribution >= 0.6 is 15.9 Å². The van der Waals surface area contributed by atoms with E-state index in [4.69, 9.17) is 9.47 Å². The van der Waals surface area contributed by atoms with Gasteiger partial charge in [-0.25, -0.2) is 0 Å². The van der Waals surface area contributed by atoms with E-state index in [2.05, 4.69) is 54.7 Å². The fourth-order valence-electron chi connectivity index (χ4n) is 7.31. The van der Waals surface area contributed by atoms with Crippen molar-refractivity contribution >= 4 is 46.7 Å². The number of fused-ring (bicyclic) bond motifs is 2. The van der Waals surface area contributed by atoms with E-state index in [9.17, 15) is 14.7 Å². The Morgan fingerprint density at radius 1 is 1.16 bits per heavy atom. The first-order chi connectivity index (χ1) is 21.1. The normalized spacial score (nSPS) is 22.7. The average molecular weight is 678 g/mol. The highest BCUT2D eigenvalue weighted by Gasteiger charge is 2.66. The number of methoxy groups -OCH3 is 1. The van der Waals surface area contributed by atoms with E-state index in [0.29, 0.717) is 13.1 Å². The number of aliphatic hydroxyl groups excluding tert-OH is 1. The van der Waals surface area contributed by atoms with Gasteiger partial charge in [-0.2, -0.15) is 0 Å². The van der Waals surface area contributed by atoms with Gasteiger partial charge in [0.05, 0.1) is 40.0 Å². The molecule has 0 bridgehead atoms. The molecule has 0 radical (unpaired) electrons. The van der Waals surface area contributed by atoms with Crippen LogP contribution in [-0.2, 0) is 26.5 Å². The summed E-state index contributed by atoms with van der Waals surface area (Å²) in [6.45, 7) is 11.4. The largest absolute Gasteiger partial charge is 0.497 e. The van der Waals surface area contributed by atoms with Crippen molar-refractivity contribution in [1.29, 1.82) is 0 Å². The Hall–Kier alpha value is -3.24. The molecule has 2 heterocycles. The molecule has 4 atom stereocenters. The van der Waals surface area contributed by atoms with Gasteiger partial charge in [0.2, 0.25) is 5.91 Å². The zero-order valence-corrected chi connectivity index (χ0v) is 28.4. The quantitative estimate of drug-likeness (QED) is 0.211.